The fraction of sp³-hybridized carbons (Fsp3) is 0.667. The lowest BCUT2D eigenvalue weighted by atomic mass is 9.43. The summed E-state index contributed by atoms with van der Waals surface area (Å²) in [6, 6.07) is 9.38. The Hall–Kier alpha value is -0.820. The van der Waals surface area contributed by atoms with Gasteiger partial charge in [-0.15, -0.1) is 0 Å². The number of hydrogen-bond donors (Lipinski definition) is 1. The highest BCUT2D eigenvalue weighted by atomic mass is 14.7. The molecule has 0 amide bonds. The standard InChI is InChI=1S/C18H25N/c1-13-2-4-16(5-3-13)18-9-14-6-15(10-18)8-17(7-14,11-18)12-19/h2-5,14-15H,6-12,19H2,1H3/t14-,15-,17?,18?/m1/s1. The second kappa shape index (κ2) is 3.85. The molecule has 0 heterocycles. The third kappa shape index (κ3) is 1.71. The van der Waals surface area contributed by atoms with E-state index in [0.717, 1.165) is 18.4 Å². The van der Waals surface area contributed by atoms with Crippen LogP contribution in [0.4, 0.5) is 0 Å². The Morgan fingerprint density at radius 2 is 1.68 bits per heavy atom. The lowest BCUT2D eigenvalue weighted by Crippen LogP contribution is -2.56. The molecular weight excluding hydrogens is 230 g/mol. The topological polar surface area (TPSA) is 26.0 Å². The molecule has 5 rings (SSSR count). The summed E-state index contributed by atoms with van der Waals surface area (Å²) in [7, 11) is 0. The summed E-state index contributed by atoms with van der Waals surface area (Å²) in [6.45, 7) is 3.10. The molecule has 1 heteroatoms. The van der Waals surface area contributed by atoms with Crippen LogP contribution in [0.1, 0.15) is 49.7 Å². The Balaban J connectivity index is 1.76. The first-order chi connectivity index (χ1) is 9.13. The van der Waals surface area contributed by atoms with Gasteiger partial charge < -0.3 is 5.73 Å². The fourth-order valence-corrected chi connectivity index (χ4v) is 5.94. The van der Waals surface area contributed by atoms with Crippen molar-refractivity contribution in [2.45, 2.75) is 50.9 Å². The van der Waals surface area contributed by atoms with E-state index >= 15 is 0 Å². The van der Waals surface area contributed by atoms with Crippen LogP contribution in [0.2, 0.25) is 0 Å². The van der Waals surface area contributed by atoms with Crippen molar-refractivity contribution in [1.29, 1.82) is 0 Å². The molecule has 0 radical (unpaired) electrons. The number of rotatable bonds is 2. The summed E-state index contributed by atoms with van der Waals surface area (Å²) in [5.74, 6) is 1.90. The van der Waals surface area contributed by atoms with E-state index in [9.17, 15) is 0 Å². The molecule has 102 valence electrons. The minimum absolute atomic E-state index is 0.469. The first-order valence-corrected chi connectivity index (χ1v) is 7.90. The molecule has 4 saturated carbocycles. The summed E-state index contributed by atoms with van der Waals surface area (Å²) in [4.78, 5) is 0. The van der Waals surface area contributed by atoms with Gasteiger partial charge in [0.1, 0.15) is 0 Å². The molecule has 1 aromatic carbocycles. The van der Waals surface area contributed by atoms with Crippen molar-refractivity contribution in [2.75, 3.05) is 6.54 Å². The first-order valence-electron chi connectivity index (χ1n) is 7.90. The summed E-state index contributed by atoms with van der Waals surface area (Å²) >= 11 is 0. The van der Waals surface area contributed by atoms with Crippen molar-refractivity contribution in [3.8, 4) is 0 Å². The fourth-order valence-electron chi connectivity index (χ4n) is 5.94. The zero-order valence-corrected chi connectivity index (χ0v) is 12.0. The molecule has 0 aromatic heterocycles. The van der Waals surface area contributed by atoms with Gasteiger partial charge >= 0.3 is 0 Å². The van der Waals surface area contributed by atoms with Crippen molar-refractivity contribution in [3.05, 3.63) is 35.4 Å². The largest absolute Gasteiger partial charge is 0.330 e. The molecule has 1 aromatic rings. The van der Waals surface area contributed by atoms with E-state index in [-0.39, 0.29) is 0 Å². The smallest absolute Gasteiger partial charge is 0.00200 e. The van der Waals surface area contributed by atoms with Crippen LogP contribution in [0.5, 0.6) is 0 Å². The monoisotopic (exact) mass is 255 g/mol. The van der Waals surface area contributed by atoms with Gasteiger partial charge in [-0.2, -0.15) is 0 Å². The van der Waals surface area contributed by atoms with Gasteiger partial charge in [-0.1, -0.05) is 29.8 Å². The lowest BCUT2D eigenvalue weighted by molar-refractivity contribution is -0.0667. The highest BCUT2D eigenvalue weighted by Crippen LogP contribution is 2.65. The molecule has 0 saturated heterocycles. The zero-order chi connectivity index (χ0) is 13.1. The van der Waals surface area contributed by atoms with Gasteiger partial charge in [0.15, 0.2) is 0 Å². The molecule has 2 atom stereocenters. The summed E-state index contributed by atoms with van der Waals surface area (Å²) in [6.07, 6.45) is 8.51. The predicted octanol–water partition coefficient (Wildman–Crippen LogP) is 3.79. The van der Waals surface area contributed by atoms with Gasteiger partial charge in [0.25, 0.3) is 0 Å². The number of aryl methyl sites for hydroxylation is 1. The average molecular weight is 255 g/mol. The van der Waals surface area contributed by atoms with Crippen LogP contribution < -0.4 is 5.73 Å². The predicted molar refractivity (Wildman–Crippen MR) is 79.0 cm³/mol. The Labute approximate surface area is 116 Å². The van der Waals surface area contributed by atoms with Crippen LogP contribution in [0, 0.1) is 24.2 Å². The van der Waals surface area contributed by atoms with E-state index in [1.807, 2.05) is 0 Å². The molecular formula is C18H25N. The van der Waals surface area contributed by atoms with Gasteiger partial charge in [0.05, 0.1) is 0 Å². The maximum absolute atomic E-state index is 6.19. The number of nitrogens with two attached hydrogens (primary N) is 1. The Morgan fingerprint density at radius 1 is 1.05 bits per heavy atom. The average Bonchev–Trinajstić information content (AvgIpc) is 2.38. The van der Waals surface area contributed by atoms with E-state index < -0.39 is 0 Å². The molecule has 4 fully saturated rings. The van der Waals surface area contributed by atoms with Crippen molar-refractivity contribution < 1.29 is 0 Å². The Morgan fingerprint density at radius 3 is 2.26 bits per heavy atom. The van der Waals surface area contributed by atoms with Crippen LogP contribution in [0.3, 0.4) is 0 Å². The molecule has 4 bridgehead atoms. The molecule has 0 spiro atoms. The SMILES string of the molecule is Cc1ccc(C23C[C@@H]4C[C@H](CC(CN)(C4)C2)C3)cc1. The summed E-state index contributed by atoms with van der Waals surface area (Å²) in [5.41, 5.74) is 10.1. The highest BCUT2D eigenvalue weighted by Gasteiger charge is 2.57. The summed E-state index contributed by atoms with van der Waals surface area (Å²) < 4.78 is 0. The lowest BCUT2D eigenvalue weighted by Gasteiger charge is -2.62. The zero-order valence-electron chi connectivity index (χ0n) is 12.0. The van der Waals surface area contributed by atoms with Crippen molar-refractivity contribution in [1.82, 2.24) is 0 Å². The van der Waals surface area contributed by atoms with Crippen LogP contribution in [-0.2, 0) is 5.41 Å². The molecule has 2 N–H and O–H groups in total. The molecule has 4 aliphatic carbocycles. The Kier molecular flexibility index (Phi) is 2.42. The minimum atomic E-state index is 0.469. The van der Waals surface area contributed by atoms with Gasteiger partial charge in [-0.05, 0) is 80.2 Å². The molecule has 19 heavy (non-hydrogen) atoms. The molecule has 1 nitrogen and oxygen atoms in total. The van der Waals surface area contributed by atoms with Gasteiger partial charge in [-0.3, -0.25) is 0 Å². The first kappa shape index (κ1) is 12.0. The van der Waals surface area contributed by atoms with Crippen molar-refractivity contribution in [2.24, 2.45) is 23.0 Å². The summed E-state index contributed by atoms with van der Waals surface area (Å²) in [5, 5.41) is 0. The van der Waals surface area contributed by atoms with Gasteiger partial charge in [0.2, 0.25) is 0 Å². The third-order valence-electron chi connectivity index (χ3n) is 6.28. The third-order valence-corrected chi connectivity index (χ3v) is 6.28. The van der Waals surface area contributed by atoms with Crippen LogP contribution in [0.25, 0.3) is 0 Å². The van der Waals surface area contributed by atoms with Crippen LogP contribution in [0.15, 0.2) is 24.3 Å². The Bertz CT molecular complexity index is 473. The molecule has 0 aliphatic heterocycles. The van der Waals surface area contributed by atoms with Crippen LogP contribution in [-0.4, -0.2) is 6.54 Å². The minimum Gasteiger partial charge on any atom is -0.330 e. The van der Waals surface area contributed by atoms with Gasteiger partial charge in [0, 0.05) is 0 Å². The van der Waals surface area contributed by atoms with Crippen molar-refractivity contribution in [3.63, 3.8) is 0 Å². The van der Waals surface area contributed by atoms with E-state index in [4.69, 9.17) is 5.73 Å². The van der Waals surface area contributed by atoms with E-state index in [0.29, 0.717) is 10.8 Å². The highest BCUT2D eigenvalue weighted by molar-refractivity contribution is 5.32. The molecule has 0 unspecified atom stereocenters. The number of benzene rings is 1. The second-order valence-electron chi connectivity index (χ2n) is 7.81. The van der Waals surface area contributed by atoms with E-state index in [2.05, 4.69) is 31.2 Å². The van der Waals surface area contributed by atoms with Gasteiger partial charge in [-0.25, -0.2) is 0 Å². The van der Waals surface area contributed by atoms with Crippen LogP contribution >= 0.6 is 0 Å². The van der Waals surface area contributed by atoms with E-state index in [1.165, 1.54) is 44.1 Å². The maximum atomic E-state index is 6.19. The maximum Gasteiger partial charge on any atom is -0.00200 e. The van der Waals surface area contributed by atoms with Crippen molar-refractivity contribution >= 4 is 0 Å². The quantitative estimate of drug-likeness (QED) is 0.855. The van der Waals surface area contributed by atoms with E-state index in [1.54, 1.807) is 5.56 Å². The normalized spacial score (nSPS) is 43.7. The number of hydrogen-bond acceptors (Lipinski definition) is 1. The second-order valence-corrected chi connectivity index (χ2v) is 7.81. The molecule has 4 aliphatic rings.